The van der Waals surface area contributed by atoms with Gasteiger partial charge in [-0.15, -0.1) is 0 Å². The Morgan fingerprint density at radius 2 is 1.69 bits per heavy atom. The molecule has 0 amide bonds. The molecule has 0 aliphatic heterocycles. The van der Waals surface area contributed by atoms with Crippen LogP contribution in [0.5, 0.6) is 0 Å². The Labute approximate surface area is 104 Å². The molecule has 0 aliphatic carbocycles. The Balaban J connectivity index is 2.31. The molecule has 0 saturated heterocycles. The molecule has 0 saturated carbocycles. The average molecular weight is 277 g/mol. The highest BCUT2D eigenvalue weighted by molar-refractivity contribution is 9.10. The summed E-state index contributed by atoms with van der Waals surface area (Å²) < 4.78 is 0.983. The maximum Gasteiger partial charge on any atom is 0.104 e. The number of aliphatic hydroxyl groups is 1. The Morgan fingerprint density at radius 3 is 2.31 bits per heavy atom. The zero-order valence-corrected chi connectivity index (χ0v) is 10.6. The molecule has 0 radical (unpaired) electrons. The Bertz CT molecular complexity index is 476. The van der Waals surface area contributed by atoms with E-state index in [1.165, 1.54) is 5.56 Å². The van der Waals surface area contributed by atoms with Crippen molar-refractivity contribution in [3.05, 3.63) is 69.7 Å². The van der Waals surface area contributed by atoms with Gasteiger partial charge in [0.2, 0.25) is 0 Å². The zero-order valence-electron chi connectivity index (χ0n) is 9.02. The molecule has 1 nitrogen and oxygen atoms in total. The lowest BCUT2D eigenvalue weighted by molar-refractivity contribution is 0.220. The molecule has 2 aromatic carbocycles. The second kappa shape index (κ2) is 4.81. The Hall–Kier alpha value is -1.12. The van der Waals surface area contributed by atoms with E-state index in [0.717, 1.165) is 15.6 Å². The molecular weight excluding hydrogens is 264 g/mol. The summed E-state index contributed by atoms with van der Waals surface area (Å²) in [5.74, 6) is 0. The number of hydrogen-bond donors (Lipinski definition) is 1. The van der Waals surface area contributed by atoms with Gasteiger partial charge in [0.15, 0.2) is 0 Å². The lowest BCUT2D eigenvalue weighted by Gasteiger charge is -2.11. The van der Waals surface area contributed by atoms with Crippen molar-refractivity contribution in [2.24, 2.45) is 0 Å². The molecule has 1 N–H and O–H groups in total. The number of hydrogen-bond acceptors (Lipinski definition) is 1. The molecule has 0 heterocycles. The predicted octanol–water partition coefficient (Wildman–Crippen LogP) is 3.84. The summed E-state index contributed by atoms with van der Waals surface area (Å²) in [6.45, 7) is 2.04. The summed E-state index contributed by atoms with van der Waals surface area (Å²) in [5, 5.41) is 10.2. The molecule has 16 heavy (non-hydrogen) atoms. The molecule has 2 rings (SSSR count). The monoisotopic (exact) mass is 276 g/mol. The Kier molecular flexibility index (Phi) is 3.42. The molecule has 0 bridgehead atoms. The van der Waals surface area contributed by atoms with Gasteiger partial charge in [-0.3, -0.25) is 0 Å². The van der Waals surface area contributed by atoms with Gasteiger partial charge in [-0.1, -0.05) is 57.9 Å². The molecule has 1 atom stereocenters. The molecule has 0 aliphatic rings. The second-order valence-corrected chi connectivity index (χ2v) is 4.78. The first kappa shape index (κ1) is 11.4. The van der Waals surface area contributed by atoms with E-state index in [4.69, 9.17) is 0 Å². The number of rotatable bonds is 2. The van der Waals surface area contributed by atoms with Gasteiger partial charge in [0.25, 0.3) is 0 Å². The van der Waals surface area contributed by atoms with Crippen LogP contribution in [0.1, 0.15) is 22.8 Å². The molecular formula is C14H13BrO. The van der Waals surface area contributed by atoms with Crippen LogP contribution in [0.4, 0.5) is 0 Å². The fourth-order valence-corrected chi connectivity index (χ4v) is 2.03. The predicted molar refractivity (Wildman–Crippen MR) is 69.4 cm³/mol. The Morgan fingerprint density at radius 1 is 1.00 bits per heavy atom. The van der Waals surface area contributed by atoms with Crippen LogP contribution < -0.4 is 0 Å². The fraction of sp³-hybridized carbons (Fsp3) is 0.143. The van der Waals surface area contributed by atoms with Crippen molar-refractivity contribution in [3.8, 4) is 0 Å². The highest BCUT2D eigenvalue weighted by Gasteiger charge is 2.09. The van der Waals surface area contributed by atoms with Gasteiger partial charge in [-0.2, -0.15) is 0 Å². The van der Waals surface area contributed by atoms with E-state index in [9.17, 15) is 5.11 Å². The molecule has 0 spiro atoms. The normalized spacial score (nSPS) is 12.4. The maximum atomic E-state index is 10.2. The summed E-state index contributed by atoms with van der Waals surface area (Å²) in [6.07, 6.45) is -0.557. The van der Waals surface area contributed by atoms with Gasteiger partial charge in [-0.25, -0.2) is 0 Å². The fourth-order valence-electron chi connectivity index (χ4n) is 1.62. The van der Waals surface area contributed by atoms with Crippen LogP contribution >= 0.6 is 15.9 Å². The van der Waals surface area contributed by atoms with E-state index < -0.39 is 6.10 Å². The van der Waals surface area contributed by atoms with Gasteiger partial charge in [0, 0.05) is 4.47 Å². The van der Waals surface area contributed by atoms with Crippen molar-refractivity contribution in [2.45, 2.75) is 13.0 Å². The smallest absolute Gasteiger partial charge is 0.104 e. The van der Waals surface area contributed by atoms with Crippen molar-refractivity contribution >= 4 is 15.9 Å². The van der Waals surface area contributed by atoms with E-state index in [-0.39, 0.29) is 0 Å². The van der Waals surface area contributed by atoms with E-state index in [1.54, 1.807) is 0 Å². The van der Waals surface area contributed by atoms with Gasteiger partial charge in [0.05, 0.1) is 0 Å². The lowest BCUT2D eigenvalue weighted by atomic mass is 10.0. The summed E-state index contributed by atoms with van der Waals surface area (Å²) in [6, 6.07) is 15.7. The summed E-state index contributed by atoms with van der Waals surface area (Å²) in [5.41, 5.74) is 3.02. The highest BCUT2D eigenvalue weighted by atomic mass is 79.9. The van der Waals surface area contributed by atoms with Crippen molar-refractivity contribution in [2.75, 3.05) is 0 Å². The average Bonchev–Trinajstić information content (AvgIpc) is 2.29. The minimum atomic E-state index is -0.557. The molecule has 0 aromatic heterocycles. The van der Waals surface area contributed by atoms with Crippen LogP contribution in [-0.2, 0) is 0 Å². The maximum absolute atomic E-state index is 10.2. The van der Waals surface area contributed by atoms with E-state index in [1.807, 2.05) is 55.5 Å². The van der Waals surface area contributed by atoms with Crippen molar-refractivity contribution < 1.29 is 5.11 Å². The standard InChI is InChI=1S/C14H13BrO/c1-10-5-7-11(8-6-10)14(16)12-3-2-4-13(15)9-12/h2-9,14,16H,1H3. The van der Waals surface area contributed by atoms with Crippen LogP contribution in [0.15, 0.2) is 53.0 Å². The lowest BCUT2D eigenvalue weighted by Crippen LogP contribution is -1.99. The number of halogens is 1. The van der Waals surface area contributed by atoms with Crippen LogP contribution in [0.25, 0.3) is 0 Å². The van der Waals surface area contributed by atoms with Crippen molar-refractivity contribution in [3.63, 3.8) is 0 Å². The summed E-state index contributed by atoms with van der Waals surface area (Å²) in [7, 11) is 0. The third-order valence-corrected chi connectivity index (χ3v) is 3.05. The highest BCUT2D eigenvalue weighted by Crippen LogP contribution is 2.24. The van der Waals surface area contributed by atoms with Gasteiger partial charge in [-0.05, 0) is 30.2 Å². The minimum absolute atomic E-state index is 0.557. The molecule has 1 unspecified atom stereocenters. The first-order valence-corrected chi connectivity index (χ1v) is 5.96. The second-order valence-electron chi connectivity index (χ2n) is 3.87. The van der Waals surface area contributed by atoms with Crippen LogP contribution in [-0.4, -0.2) is 5.11 Å². The minimum Gasteiger partial charge on any atom is -0.384 e. The SMILES string of the molecule is Cc1ccc(C(O)c2cccc(Br)c2)cc1. The largest absolute Gasteiger partial charge is 0.384 e. The number of benzene rings is 2. The number of aryl methyl sites for hydroxylation is 1. The molecule has 2 aromatic rings. The van der Waals surface area contributed by atoms with Gasteiger partial charge in [0.1, 0.15) is 6.10 Å². The first-order chi connectivity index (χ1) is 7.66. The van der Waals surface area contributed by atoms with Crippen LogP contribution in [0.2, 0.25) is 0 Å². The zero-order chi connectivity index (χ0) is 11.5. The quantitative estimate of drug-likeness (QED) is 0.884. The van der Waals surface area contributed by atoms with Crippen LogP contribution in [0, 0.1) is 6.92 Å². The molecule has 0 fully saturated rings. The third-order valence-electron chi connectivity index (χ3n) is 2.56. The third kappa shape index (κ3) is 2.52. The molecule has 82 valence electrons. The van der Waals surface area contributed by atoms with E-state index >= 15 is 0 Å². The number of aliphatic hydroxyl groups excluding tert-OH is 1. The summed E-state index contributed by atoms with van der Waals surface area (Å²) >= 11 is 3.40. The van der Waals surface area contributed by atoms with E-state index in [2.05, 4.69) is 15.9 Å². The topological polar surface area (TPSA) is 20.2 Å². The summed E-state index contributed by atoms with van der Waals surface area (Å²) in [4.78, 5) is 0. The van der Waals surface area contributed by atoms with Crippen LogP contribution in [0.3, 0.4) is 0 Å². The van der Waals surface area contributed by atoms with Gasteiger partial charge < -0.3 is 5.11 Å². The first-order valence-electron chi connectivity index (χ1n) is 5.17. The van der Waals surface area contributed by atoms with Crippen molar-refractivity contribution in [1.82, 2.24) is 0 Å². The van der Waals surface area contributed by atoms with Crippen molar-refractivity contribution in [1.29, 1.82) is 0 Å². The van der Waals surface area contributed by atoms with Gasteiger partial charge >= 0.3 is 0 Å². The molecule has 2 heteroatoms. The van der Waals surface area contributed by atoms with E-state index in [0.29, 0.717) is 0 Å².